The molecule has 121 valence electrons. The van der Waals surface area contributed by atoms with E-state index in [1.54, 1.807) is 0 Å². The smallest absolute Gasteiger partial charge is 0.0210 e. The number of unbranched alkanes of at least 4 members (excludes halogenated alkanes) is 13. The van der Waals surface area contributed by atoms with Crippen molar-refractivity contribution >= 4 is 0 Å². The molecule has 0 aliphatic carbocycles. The van der Waals surface area contributed by atoms with Gasteiger partial charge >= 0.3 is 0 Å². The number of hydrogen-bond acceptors (Lipinski definition) is 0. The van der Waals surface area contributed by atoms with Gasteiger partial charge in [0.1, 0.15) is 0 Å². The lowest BCUT2D eigenvalue weighted by atomic mass is 10.0. The second kappa shape index (κ2) is 17.0. The van der Waals surface area contributed by atoms with E-state index in [1.165, 1.54) is 89.9 Å². The van der Waals surface area contributed by atoms with Crippen LogP contribution >= 0.6 is 0 Å². The highest BCUT2D eigenvalue weighted by molar-refractivity contribution is 4.57. The van der Waals surface area contributed by atoms with E-state index >= 15 is 0 Å². The Labute approximate surface area is 129 Å². The van der Waals surface area contributed by atoms with Crippen molar-refractivity contribution in [3.63, 3.8) is 0 Å². The molecule has 0 heterocycles. The molecule has 0 fully saturated rings. The molecule has 20 heavy (non-hydrogen) atoms. The first-order chi connectivity index (χ1) is 9.81. The number of rotatable bonds is 16. The number of nitrogens with one attached hydrogen (secondary N) is 1. The minimum atomic E-state index is 0.201. The third kappa shape index (κ3) is 16.0. The summed E-state index contributed by atoms with van der Waals surface area (Å²) in [5.41, 5.74) is 7.68. The highest BCUT2D eigenvalue weighted by atomic mass is 14.6. The molecule has 0 aliphatic heterocycles. The fraction of sp³-hybridized carbons (Fsp3) is 1.00. The average molecular weight is 283 g/mol. The van der Waals surface area contributed by atoms with Crippen LogP contribution in [0.25, 0.3) is 0 Å². The predicted octanol–water partition coefficient (Wildman–Crippen LogP) is 6.92. The Morgan fingerprint density at radius 2 is 0.900 bits per heavy atom. The van der Waals surface area contributed by atoms with Gasteiger partial charge in [0.25, 0.3) is 0 Å². The van der Waals surface area contributed by atoms with Gasteiger partial charge in [-0.2, -0.15) is 0 Å². The van der Waals surface area contributed by atoms with Gasteiger partial charge in [0, 0.05) is 6.04 Å². The Bertz CT molecular complexity index is 167. The third-order valence-electron chi connectivity index (χ3n) is 4.40. The van der Waals surface area contributed by atoms with Crippen LogP contribution in [0, 0.1) is 0 Å². The fourth-order valence-corrected chi connectivity index (χ4v) is 2.79. The summed E-state index contributed by atoms with van der Waals surface area (Å²) < 4.78 is 0. The van der Waals surface area contributed by atoms with E-state index in [2.05, 4.69) is 13.8 Å². The summed E-state index contributed by atoms with van der Waals surface area (Å²) in [5.74, 6) is 0. The molecule has 1 nitrogen and oxygen atoms in total. The lowest BCUT2D eigenvalue weighted by molar-refractivity contribution is 0.505. The van der Waals surface area contributed by atoms with Crippen LogP contribution in [-0.2, 0) is 0 Å². The first-order valence-electron chi connectivity index (χ1n) is 9.52. The van der Waals surface area contributed by atoms with Crippen LogP contribution in [0.5, 0.6) is 0 Å². The van der Waals surface area contributed by atoms with Crippen molar-refractivity contribution < 1.29 is 0 Å². The SMILES string of the molecule is CCCCCCCCCCCCCCCCC([NH])CC. The summed E-state index contributed by atoms with van der Waals surface area (Å²) in [6, 6.07) is 0.201. The van der Waals surface area contributed by atoms with Crippen LogP contribution < -0.4 is 5.73 Å². The Balaban J connectivity index is 2.96. The summed E-state index contributed by atoms with van der Waals surface area (Å²) >= 11 is 0. The summed E-state index contributed by atoms with van der Waals surface area (Å²) in [5, 5.41) is 0. The topological polar surface area (TPSA) is 23.8 Å². The molecule has 1 radical (unpaired) electrons. The van der Waals surface area contributed by atoms with Crippen LogP contribution in [0.2, 0.25) is 0 Å². The van der Waals surface area contributed by atoms with Gasteiger partial charge in [-0.3, -0.25) is 5.73 Å². The van der Waals surface area contributed by atoms with Crippen molar-refractivity contribution in [2.45, 2.75) is 123 Å². The molecule has 1 heteroatoms. The lowest BCUT2D eigenvalue weighted by Crippen LogP contribution is -2.05. The Morgan fingerprint density at radius 3 is 1.25 bits per heavy atom. The summed E-state index contributed by atoms with van der Waals surface area (Å²) in [7, 11) is 0. The largest absolute Gasteiger partial charge is 0.255 e. The Kier molecular flexibility index (Phi) is 17.0. The molecule has 0 spiro atoms. The maximum absolute atomic E-state index is 7.68. The summed E-state index contributed by atoms with van der Waals surface area (Å²) in [6.45, 7) is 4.41. The first kappa shape index (κ1) is 20.0. The Morgan fingerprint density at radius 1 is 0.550 bits per heavy atom. The second-order valence-electron chi connectivity index (χ2n) is 6.49. The standard InChI is InChI=1S/C19H40N/c1-3-5-6-7-8-9-10-11-12-13-14-15-16-17-18-19(20)4-2/h19-20H,3-18H2,1-2H3. The first-order valence-corrected chi connectivity index (χ1v) is 9.52. The van der Waals surface area contributed by atoms with Crippen molar-refractivity contribution in [1.82, 2.24) is 5.73 Å². The summed E-state index contributed by atoms with van der Waals surface area (Å²) in [6.07, 6.45) is 22.0. The molecule has 0 saturated heterocycles. The molecule has 0 rings (SSSR count). The van der Waals surface area contributed by atoms with E-state index in [0.717, 1.165) is 12.8 Å². The van der Waals surface area contributed by atoms with E-state index < -0.39 is 0 Å². The average Bonchev–Trinajstić information content (AvgIpc) is 2.47. The molecular formula is C19H40N. The molecule has 0 aromatic rings. The zero-order valence-electron chi connectivity index (χ0n) is 14.4. The number of hydrogen-bond donors (Lipinski definition) is 0. The normalized spacial score (nSPS) is 12.8. The second-order valence-corrected chi connectivity index (χ2v) is 6.49. The van der Waals surface area contributed by atoms with Gasteiger partial charge < -0.3 is 0 Å². The molecule has 0 aliphatic rings. The molecule has 0 aromatic carbocycles. The molecule has 1 unspecified atom stereocenters. The quantitative estimate of drug-likeness (QED) is 0.274. The van der Waals surface area contributed by atoms with E-state index in [9.17, 15) is 0 Å². The van der Waals surface area contributed by atoms with Gasteiger partial charge in [-0.25, -0.2) is 0 Å². The Hall–Kier alpha value is -0.0400. The van der Waals surface area contributed by atoms with Gasteiger partial charge in [-0.05, 0) is 12.8 Å². The van der Waals surface area contributed by atoms with Crippen LogP contribution in [0.3, 0.4) is 0 Å². The highest BCUT2D eigenvalue weighted by Gasteiger charge is 1.99. The zero-order valence-corrected chi connectivity index (χ0v) is 14.4. The van der Waals surface area contributed by atoms with E-state index in [4.69, 9.17) is 5.73 Å². The van der Waals surface area contributed by atoms with E-state index in [0.29, 0.717) is 0 Å². The van der Waals surface area contributed by atoms with Gasteiger partial charge in [0.2, 0.25) is 0 Å². The minimum Gasteiger partial charge on any atom is -0.255 e. The van der Waals surface area contributed by atoms with E-state index in [-0.39, 0.29) is 6.04 Å². The van der Waals surface area contributed by atoms with Crippen molar-refractivity contribution in [3.05, 3.63) is 0 Å². The van der Waals surface area contributed by atoms with Gasteiger partial charge in [0.05, 0.1) is 0 Å². The van der Waals surface area contributed by atoms with Crippen LogP contribution in [0.15, 0.2) is 0 Å². The fourth-order valence-electron chi connectivity index (χ4n) is 2.79. The van der Waals surface area contributed by atoms with Crippen molar-refractivity contribution in [1.29, 1.82) is 0 Å². The maximum Gasteiger partial charge on any atom is 0.0210 e. The van der Waals surface area contributed by atoms with Crippen molar-refractivity contribution in [2.75, 3.05) is 0 Å². The monoisotopic (exact) mass is 282 g/mol. The van der Waals surface area contributed by atoms with Crippen molar-refractivity contribution in [2.24, 2.45) is 0 Å². The maximum atomic E-state index is 7.68. The van der Waals surface area contributed by atoms with E-state index in [1.807, 2.05) is 0 Å². The minimum absolute atomic E-state index is 0.201. The predicted molar refractivity (Wildman–Crippen MR) is 92.1 cm³/mol. The van der Waals surface area contributed by atoms with Crippen LogP contribution in [0.1, 0.15) is 117 Å². The van der Waals surface area contributed by atoms with Crippen LogP contribution in [-0.4, -0.2) is 6.04 Å². The third-order valence-corrected chi connectivity index (χ3v) is 4.40. The van der Waals surface area contributed by atoms with Gasteiger partial charge in [0.15, 0.2) is 0 Å². The molecule has 0 saturated carbocycles. The van der Waals surface area contributed by atoms with Crippen LogP contribution in [0.4, 0.5) is 0 Å². The van der Waals surface area contributed by atoms with Crippen molar-refractivity contribution in [3.8, 4) is 0 Å². The highest BCUT2D eigenvalue weighted by Crippen LogP contribution is 2.13. The lowest BCUT2D eigenvalue weighted by Gasteiger charge is -2.06. The molecule has 0 bridgehead atoms. The summed E-state index contributed by atoms with van der Waals surface area (Å²) in [4.78, 5) is 0. The molecule has 0 amide bonds. The molecule has 1 N–H and O–H groups in total. The molecule has 0 aromatic heterocycles. The molecular weight excluding hydrogens is 242 g/mol. The zero-order chi connectivity index (χ0) is 14.9. The van der Waals surface area contributed by atoms with Gasteiger partial charge in [-0.15, -0.1) is 0 Å². The molecule has 1 atom stereocenters. The van der Waals surface area contributed by atoms with Gasteiger partial charge in [-0.1, -0.05) is 104 Å².